The Balaban J connectivity index is 4.69. The Hall–Kier alpha value is -0.180. The van der Waals surface area contributed by atoms with Crippen molar-refractivity contribution < 1.29 is 18.8 Å². The summed E-state index contributed by atoms with van der Waals surface area (Å²) < 4.78 is 15.8. The van der Waals surface area contributed by atoms with Gasteiger partial charge < -0.3 is 9.42 Å². The van der Waals surface area contributed by atoms with Crippen LogP contribution in [0.2, 0.25) is 0 Å². The Morgan fingerprint density at radius 1 is 1.46 bits per heavy atom. The van der Waals surface area contributed by atoms with Crippen molar-refractivity contribution in [3.05, 3.63) is 0 Å². The Labute approximate surface area is 78.8 Å². The van der Waals surface area contributed by atoms with Crippen LogP contribution in [-0.2, 0) is 13.9 Å². The maximum absolute atomic E-state index is 11.5. The molecule has 0 saturated carbocycles. The van der Waals surface area contributed by atoms with Crippen molar-refractivity contribution in [2.45, 2.75) is 34.1 Å². The van der Waals surface area contributed by atoms with Gasteiger partial charge in [-0.15, -0.1) is 0 Å². The quantitative estimate of drug-likeness (QED) is 0.703. The van der Waals surface area contributed by atoms with E-state index in [1.54, 1.807) is 27.7 Å². The SMILES string of the molecule is CCOP(=O)(O)C(=O)C(C)(C)CC. The zero-order valence-electron chi connectivity index (χ0n) is 8.53. The van der Waals surface area contributed by atoms with Gasteiger partial charge in [-0.25, -0.2) is 0 Å². The molecule has 0 aromatic heterocycles. The number of hydrogen-bond donors (Lipinski definition) is 1. The molecule has 1 unspecified atom stereocenters. The van der Waals surface area contributed by atoms with Gasteiger partial charge in [-0.05, 0) is 13.3 Å². The Morgan fingerprint density at radius 3 is 2.23 bits per heavy atom. The summed E-state index contributed by atoms with van der Waals surface area (Å²) in [5.74, 6) is 0. The second-order valence-electron chi connectivity index (χ2n) is 3.48. The van der Waals surface area contributed by atoms with Crippen LogP contribution in [0.25, 0.3) is 0 Å². The van der Waals surface area contributed by atoms with E-state index in [0.29, 0.717) is 6.42 Å². The molecular weight excluding hydrogens is 191 g/mol. The van der Waals surface area contributed by atoms with Crippen molar-refractivity contribution in [1.82, 2.24) is 0 Å². The summed E-state index contributed by atoms with van der Waals surface area (Å²) in [6.45, 7) is 6.71. The molecule has 5 heteroatoms. The minimum absolute atomic E-state index is 0.0688. The normalized spacial score (nSPS) is 16.7. The van der Waals surface area contributed by atoms with Gasteiger partial charge >= 0.3 is 7.60 Å². The number of hydrogen-bond acceptors (Lipinski definition) is 3. The second-order valence-corrected chi connectivity index (χ2v) is 5.19. The smallest absolute Gasteiger partial charge is 0.319 e. The highest BCUT2D eigenvalue weighted by molar-refractivity contribution is 7.71. The van der Waals surface area contributed by atoms with Crippen LogP contribution in [-0.4, -0.2) is 17.0 Å². The fourth-order valence-corrected chi connectivity index (χ4v) is 2.16. The first-order chi connectivity index (χ1) is 5.78. The molecule has 0 amide bonds. The Morgan fingerprint density at radius 2 is 1.92 bits per heavy atom. The average molecular weight is 208 g/mol. The van der Waals surface area contributed by atoms with Crippen LogP contribution in [0.3, 0.4) is 0 Å². The molecule has 0 radical (unpaired) electrons. The lowest BCUT2D eigenvalue weighted by Crippen LogP contribution is -2.23. The largest absolute Gasteiger partial charge is 0.394 e. The molecule has 0 aliphatic heterocycles. The lowest BCUT2D eigenvalue weighted by molar-refractivity contribution is -0.121. The number of carbonyl (C=O) groups is 1. The molecule has 4 nitrogen and oxygen atoms in total. The zero-order chi connectivity index (χ0) is 10.7. The second kappa shape index (κ2) is 4.36. The third kappa shape index (κ3) is 3.22. The van der Waals surface area contributed by atoms with E-state index in [1.165, 1.54) is 0 Å². The summed E-state index contributed by atoms with van der Waals surface area (Å²) in [7, 11) is -4.06. The first-order valence-corrected chi connectivity index (χ1v) is 5.88. The summed E-state index contributed by atoms with van der Waals surface area (Å²) >= 11 is 0. The van der Waals surface area contributed by atoms with E-state index in [2.05, 4.69) is 4.52 Å². The zero-order valence-corrected chi connectivity index (χ0v) is 9.43. The van der Waals surface area contributed by atoms with Crippen LogP contribution in [0.1, 0.15) is 34.1 Å². The fourth-order valence-electron chi connectivity index (χ4n) is 0.767. The molecule has 0 saturated heterocycles. The highest BCUT2D eigenvalue weighted by atomic mass is 31.2. The van der Waals surface area contributed by atoms with Crippen LogP contribution >= 0.6 is 7.60 Å². The molecule has 0 bridgehead atoms. The van der Waals surface area contributed by atoms with Gasteiger partial charge in [0.15, 0.2) is 0 Å². The van der Waals surface area contributed by atoms with Crippen LogP contribution in [0.4, 0.5) is 0 Å². The Bertz CT molecular complexity index is 234. The van der Waals surface area contributed by atoms with Gasteiger partial charge in [0.1, 0.15) is 0 Å². The average Bonchev–Trinajstić information content (AvgIpc) is 2.03. The minimum Gasteiger partial charge on any atom is -0.319 e. The van der Waals surface area contributed by atoms with Crippen LogP contribution in [0.5, 0.6) is 0 Å². The van der Waals surface area contributed by atoms with Gasteiger partial charge in [0.05, 0.1) is 6.61 Å². The summed E-state index contributed by atoms with van der Waals surface area (Å²) in [6, 6.07) is 0. The van der Waals surface area contributed by atoms with Gasteiger partial charge in [-0.1, -0.05) is 20.8 Å². The van der Waals surface area contributed by atoms with Crippen LogP contribution in [0.15, 0.2) is 0 Å². The van der Waals surface area contributed by atoms with Gasteiger partial charge in [-0.3, -0.25) is 9.36 Å². The number of carbonyl (C=O) groups excluding carboxylic acids is 1. The first-order valence-electron chi connectivity index (χ1n) is 4.30. The third-order valence-electron chi connectivity index (χ3n) is 2.02. The first kappa shape index (κ1) is 12.8. The maximum atomic E-state index is 11.5. The molecule has 0 aliphatic carbocycles. The molecular formula is C8H17O4P. The highest BCUT2D eigenvalue weighted by Crippen LogP contribution is 2.49. The monoisotopic (exact) mass is 208 g/mol. The predicted octanol–water partition coefficient (Wildman–Crippen LogP) is 2.17. The Kier molecular flexibility index (Phi) is 4.30. The molecule has 78 valence electrons. The summed E-state index contributed by atoms with van der Waals surface area (Å²) in [5.41, 5.74) is -1.50. The summed E-state index contributed by atoms with van der Waals surface area (Å²) in [5, 5.41) is 0. The number of rotatable bonds is 5. The lowest BCUT2D eigenvalue weighted by atomic mass is 9.92. The van der Waals surface area contributed by atoms with Crippen molar-refractivity contribution in [2.24, 2.45) is 5.41 Å². The molecule has 0 spiro atoms. The predicted molar refractivity (Wildman–Crippen MR) is 50.5 cm³/mol. The van der Waals surface area contributed by atoms with E-state index < -0.39 is 18.5 Å². The van der Waals surface area contributed by atoms with Crippen LogP contribution < -0.4 is 0 Å². The molecule has 0 aromatic rings. The van der Waals surface area contributed by atoms with Gasteiger partial charge in [0, 0.05) is 5.41 Å². The van der Waals surface area contributed by atoms with E-state index in [9.17, 15) is 14.3 Å². The van der Waals surface area contributed by atoms with Crippen molar-refractivity contribution in [1.29, 1.82) is 0 Å². The standard InChI is InChI=1S/C8H17O4P/c1-5-8(3,4)7(9)13(10,11)12-6-2/h5-6H2,1-4H3,(H,10,11). The van der Waals surface area contributed by atoms with E-state index in [4.69, 9.17) is 0 Å². The molecule has 0 aliphatic rings. The lowest BCUT2D eigenvalue weighted by Gasteiger charge is -2.22. The van der Waals surface area contributed by atoms with Crippen molar-refractivity contribution in [3.63, 3.8) is 0 Å². The highest BCUT2D eigenvalue weighted by Gasteiger charge is 2.40. The van der Waals surface area contributed by atoms with Gasteiger partial charge in [0.25, 0.3) is 0 Å². The van der Waals surface area contributed by atoms with Crippen molar-refractivity contribution in [2.75, 3.05) is 6.61 Å². The molecule has 0 rings (SSSR count). The minimum atomic E-state index is -4.06. The molecule has 0 heterocycles. The van der Waals surface area contributed by atoms with E-state index in [-0.39, 0.29) is 6.61 Å². The molecule has 0 fully saturated rings. The summed E-state index contributed by atoms with van der Waals surface area (Å²) in [6.07, 6.45) is 0.517. The van der Waals surface area contributed by atoms with E-state index in [0.717, 1.165) is 0 Å². The summed E-state index contributed by atoms with van der Waals surface area (Å²) in [4.78, 5) is 20.7. The topological polar surface area (TPSA) is 63.6 Å². The molecule has 0 aromatic carbocycles. The fraction of sp³-hybridized carbons (Fsp3) is 0.875. The van der Waals surface area contributed by atoms with Gasteiger partial charge in [-0.2, -0.15) is 0 Å². The van der Waals surface area contributed by atoms with Crippen molar-refractivity contribution >= 4 is 13.1 Å². The van der Waals surface area contributed by atoms with Crippen molar-refractivity contribution in [3.8, 4) is 0 Å². The van der Waals surface area contributed by atoms with Gasteiger partial charge in [0.2, 0.25) is 5.52 Å². The van der Waals surface area contributed by atoms with E-state index >= 15 is 0 Å². The molecule has 1 atom stereocenters. The molecule has 1 N–H and O–H groups in total. The maximum Gasteiger partial charge on any atom is 0.394 e. The van der Waals surface area contributed by atoms with E-state index in [1.807, 2.05) is 0 Å². The molecule has 13 heavy (non-hydrogen) atoms. The van der Waals surface area contributed by atoms with Crippen LogP contribution in [0, 0.1) is 5.41 Å². The third-order valence-corrected chi connectivity index (χ3v) is 3.75.